The lowest BCUT2D eigenvalue weighted by molar-refractivity contribution is 0.0696. The van der Waals surface area contributed by atoms with Crippen LogP contribution in [-0.2, 0) is 0 Å². The molecule has 2 aromatic carbocycles. The summed E-state index contributed by atoms with van der Waals surface area (Å²) in [5.41, 5.74) is 0.818. The van der Waals surface area contributed by atoms with Crippen molar-refractivity contribution in [1.82, 2.24) is 10.3 Å². The number of pyridine rings is 1. The van der Waals surface area contributed by atoms with Crippen molar-refractivity contribution in [3.63, 3.8) is 0 Å². The second-order valence-electron chi connectivity index (χ2n) is 6.28. The number of hydrogen-bond acceptors (Lipinski definition) is 4. The first-order valence-electron chi connectivity index (χ1n) is 8.67. The summed E-state index contributed by atoms with van der Waals surface area (Å²) in [6.45, 7) is 1.73. The fourth-order valence-corrected chi connectivity index (χ4v) is 2.93. The quantitative estimate of drug-likeness (QED) is 0.518. The molecular weight excluding hydrogens is 434 g/mol. The highest BCUT2D eigenvalue weighted by Crippen LogP contribution is 2.30. The molecule has 2 N–H and O–H groups in total. The van der Waals surface area contributed by atoms with E-state index in [-0.39, 0.29) is 32.8 Å². The Morgan fingerprint density at radius 3 is 2.53 bits per heavy atom. The number of carboxylic acids is 1. The molecule has 0 bridgehead atoms. The van der Waals surface area contributed by atoms with Gasteiger partial charge in [-0.3, -0.25) is 4.79 Å². The molecule has 3 aromatic rings. The Kier molecular flexibility index (Phi) is 6.54. The minimum Gasteiger partial charge on any atom is -0.478 e. The maximum absolute atomic E-state index is 14.2. The zero-order valence-electron chi connectivity index (χ0n) is 15.5. The number of benzene rings is 2. The van der Waals surface area contributed by atoms with Crippen LogP contribution in [0.15, 0.2) is 54.7 Å². The lowest BCUT2D eigenvalue weighted by Gasteiger charge is -2.16. The zero-order valence-corrected chi connectivity index (χ0v) is 17.0. The number of carbonyl (C=O) groups is 2. The summed E-state index contributed by atoms with van der Waals surface area (Å²) in [6.07, 6.45) is 1.27. The highest BCUT2D eigenvalue weighted by Gasteiger charge is 2.20. The Labute approximate surface area is 181 Å². The van der Waals surface area contributed by atoms with E-state index in [1.54, 1.807) is 19.1 Å². The van der Waals surface area contributed by atoms with Crippen molar-refractivity contribution in [2.24, 2.45) is 0 Å². The fourth-order valence-electron chi connectivity index (χ4n) is 2.61. The molecule has 1 aromatic heterocycles. The lowest BCUT2D eigenvalue weighted by atomic mass is 10.1. The molecule has 0 aliphatic rings. The number of nitrogens with one attached hydrogen (secondary N) is 1. The van der Waals surface area contributed by atoms with Crippen molar-refractivity contribution in [2.45, 2.75) is 13.0 Å². The van der Waals surface area contributed by atoms with Gasteiger partial charge in [-0.05, 0) is 42.8 Å². The van der Waals surface area contributed by atoms with Crippen LogP contribution in [0.5, 0.6) is 11.6 Å². The molecule has 154 valence electrons. The third-order valence-electron chi connectivity index (χ3n) is 4.19. The molecule has 0 aliphatic heterocycles. The number of hydrogen-bond donors (Lipinski definition) is 2. The molecular formula is C21H15Cl2FN2O4. The van der Waals surface area contributed by atoms with E-state index in [2.05, 4.69) is 10.3 Å². The summed E-state index contributed by atoms with van der Waals surface area (Å²) in [5.74, 6) is -2.72. The number of carbonyl (C=O) groups excluding carboxylic acids is 1. The Bertz CT molecular complexity index is 1110. The van der Waals surface area contributed by atoms with E-state index in [1.807, 2.05) is 0 Å². The molecule has 0 spiro atoms. The summed E-state index contributed by atoms with van der Waals surface area (Å²) >= 11 is 11.7. The lowest BCUT2D eigenvalue weighted by Crippen LogP contribution is -2.27. The van der Waals surface area contributed by atoms with E-state index >= 15 is 0 Å². The van der Waals surface area contributed by atoms with E-state index < -0.39 is 23.7 Å². The average Bonchev–Trinajstić information content (AvgIpc) is 2.72. The number of amides is 1. The smallest absolute Gasteiger partial charge is 0.335 e. The second-order valence-corrected chi connectivity index (χ2v) is 7.13. The minimum absolute atomic E-state index is 0.00381. The first kappa shape index (κ1) is 21.5. The number of aromatic carboxylic acids is 1. The molecule has 3 rings (SSSR count). The maximum atomic E-state index is 14.2. The molecule has 0 fully saturated rings. The van der Waals surface area contributed by atoms with Gasteiger partial charge in [0.25, 0.3) is 5.91 Å². The molecule has 1 atom stereocenters. The van der Waals surface area contributed by atoms with Crippen LogP contribution in [0.25, 0.3) is 0 Å². The minimum atomic E-state index is -1.04. The maximum Gasteiger partial charge on any atom is 0.335 e. The van der Waals surface area contributed by atoms with Gasteiger partial charge in [0, 0.05) is 6.20 Å². The van der Waals surface area contributed by atoms with Gasteiger partial charge in [0.1, 0.15) is 5.56 Å². The van der Waals surface area contributed by atoms with Gasteiger partial charge in [0.05, 0.1) is 21.7 Å². The highest BCUT2D eigenvalue weighted by atomic mass is 35.5. The van der Waals surface area contributed by atoms with E-state index in [0.29, 0.717) is 5.56 Å². The van der Waals surface area contributed by atoms with Crippen molar-refractivity contribution >= 4 is 35.1 Å². The van der Waals surface area contributed by atoms with E-state index in [9.17, 15) is 14.0 Å². The Morgan fingerprint density at radius 1 is 1.17 bits per heavy atom. The predicted octanol–water partition coefficient (Wildman–Crippen LogP) is 5.51. The molecule has 6 nitrogen and oxygen atoms in total. The number of halogens is 3. The molecule has 0 aliphatic carbocycles. The van der Waals surface area contributed by atoms with Crippen LogP contribution < -0.4 is 10.1 Å². The van der Waals surface area contributed by atoms with Crippen LogP contribution in [0.1, 0.15) is 39.2 Å². The van der Waals surface area contributed by atoms with Gasteiger partial charge in [0.15, 0.2) is 11.6 Å². The summed E-state index contributed by atoms with van der Waals surface area (Å²) in [5, 5.41) is 11.8. The van der Waals surface area contributed by atoms with Gasteiger partial charge in [-0.2, -0.15) is 0 Å². The van der Waals surface area contributed by atoms with Gasteiger partial charge in [-0.15, -0.1) is 0 Å². The molecule has 9 heteroatoms. The SMILES string of the molecule is CC(NC(=O)c1cc(Cl)cnc1Oc1cccc(Cl)c1F)c1ccc(C(=O)O)cc1. The highest BCUT2D eigenvalue weighted by molar-refractivity contribution is 6.31. The number of carboxylic acid groups (broad SMARTS) is 1. The summed E-state index contributed by atoms with van der Waals surface area (Å²) in [4.78, 5) is 27.8. The van der Waals surface area contributed by atoms with Crippen LogP contribution in [-0.4, -0.2) is 22.0 Å². The normalized spacial score (nSPS) is 11.6. The summed E-state index contributed by atoms with van der Waals surface area (Å²) in [7, 11) is 0. The number of aromatic nitrogens is 1. The molecule has 1 amide bonds. The van der Waals surface area contributed by atoms with Crippen molar-refractivity contribution < 1.29 is 23.8 Å². The number of nitrogens with zero attached hydrogens (tertiary/aromatic N) is 1. The second kappa shape index (κ2) is 9.11. The largest absolute Gasteiger partial charge is 0.478 e. The Morgan fingerprint density at radius 2 is 1.87 bits per heavy atom. The van der Waals surface area contributed by atoms with Crippen LogP contribution in [0.3, 0.4) is 0 Å². The first-order valence-corrected chi connectivity index (χ1v) is 9.43. The zero-order chi connectivity index (χ0) is 21.8. The van der Waals surface area contributed by atoms with Crippen molar-refractivity contribution in [3.8, 4) is 11.6 Å². The topological polar surface area (TPSA) is 88.5 Å². The van der Waals surface area contributed by atoms with E-state index in [4.69, 9.17) is 33.0 Å². The van der Waals surface area contributed by atoms with Gasteiger partial charge in [0.2, 0.25) is 5.88 Å². The summed E-state index contributed by atoms with van der Waals surface area (Å²) < 4.78 is 19.6. The third-order valence-corrected chi connectivity index (χ3v) is 4.69. The molecule has 0 saturated carbocycles. The average molecular weight is 449 g/mol. The monoisotopic (exact) mass is 448 g/mol. The third kappa shape index (κ3) is 4.87. The van der Waals surface area contributed by atoms with Crippen LogP contribution in [0.4, 0.5) is 4.39 Å². The van der Waals surface area contributed by atoms with Gasteiger partial charge >= 0.3 is 5.97 Å². The molecule has 1 unspecified atom stereocenters. The molecule has 30 heavy (non-hydrogen) atoms. The van der Waals surface area contributed by atoms with Crippen LogP contribution in [0.2, 0.25) is 10.0 Å². The van der Waals surface area contributed by atoms with E-state index in [1.165, 1.54) is 42.6 Å². The molecule has 1 heterocycles. The van der Waals surface area contributed by atoms with Crippen LogP contribution in [0, 0.1) is 5.82 Å². The number of ether oxygens (including phenoxy) is 1. The summed E-state index contributed by atoms with van der Waals surface area (Å²) in [6, 6.07) is 11.2. The van der Waals surface area contributed by atoms with Gasteiger partial charge < -0.3 is 15.2 Å². The van der Waals surface area contributed by atoms with Gasteiger partial charge in [-0.1, -0.05) is 41.4 Å². The van der Waals surface area contributed by atoms with Crippen molar-refractivity contribution in [3.05, 3.63) is 87.3 Å². The first-order chi connectivity index (χ1) is 14.3. The van der Waals surface area contributed by atoms with Crippen LogP contribution >= 0.6 is 23.2 Å². The standard InChI is InChI=1S/C21H15Cl2FN2O4/c1-11(12-5-7-13(8-6-12)21(28)29)26-19(27)15-9-14(22)10-25-20(15)30-17-4-2-3-16(23)18(17)24/h2-11H,1H3,(H,26,27)(H,28,29). The molecule has 0 saturated heterocycles. The Hall–Kier alpha value is -3.16. The Balaban J connectivity index is 1.83. The molecule has 0 radical (unpaired) electrons. The van der Waals surface area contributed by atoms with Crippen molar-refractivity contribution in [1.29, 1.82) is 0 Å². The number of rotatable bonds is 6. The van der Waals surface area contributed by atoms with Gasteiger partial charge in [-0.25, -0.2) is 14.2 Å². The van der Waals surface area contributed by atoms with Crippen molar-refractivity contribution in [2.75, 3.05) is 0 Å². The van der Waals surface area contributed by atoms with E-state index in [0.717, 1.165) is 0 Å². The predicted molar refractivity (Wildman–Crippen MR) is 110 cm³/mol. The fraction of sp³-hybridized carbons (Fsp3) is 0.0952.